The van der Waals surface area contributed by atoms with E-state index >= 15 is 0 Å². The van der Waals surface area contributed by atoms with Crippen LogP contribution in [0.4, 0.5) is 13.2 Å². The molecule has 7 heteroatoms. The molecule has 1 aliphatic rings. The van der Waals surface area contributed by atoms with E-state index in [0.717, 1.165) is 38.1 Å². The van der Waals surface area contributed by atoms with Gasteiger partial charge in [0.15, 0.2) is 17.5 Å². The molecular formula is C18H18ClF3N2O. The minimum Gasteiger partial charge on any atom is -0.349 e. The van der Waals surface area contributed by atoms with Crippen molar-refractivity contribution in [1.29, 1.82) is 0 Å². The molecule has 0 radical (unpaired) electrons. The maximum atomic E-state index is 13.3. The molecule has 1 fully saturated rings. The largest absolute Gasteiger partial charge is 0.349 e. The number of benzene rings is 2. The second-order valence-electron chi connectivity index (χ2n) is 5.83. The van der Waals surface area contributed by atoms with E-state index in [9.17, 15) is 18.0 Å². The SMILES string of the molecule is Cl.O=C(NC1CCNCC1)c1ccc(-c2cc(F)c(F)c(F)c2)cc1. The second-order valence-corrected chi connectivity index (χ2v) is 5.83. The molecule has 25 heavy (non-hydrogen) atoms. The highest BCUT2D eigenvalue weighted by atomic mass is 35.5. The molecule has 0 aliphatic carbocycles. The van der Waals surface area contributed by atoms with Gasteiger partial charge in [0.05, 0.1) is 0 Å². The first-order valence-electron chi connectivity index (χ1n) is 7.81. The molecule has 0 saturated carbocycles. The molecule has 1 heterocycles. The molecule has 2 aromatic rings. The summed E-state index contributed by atoms with van der Waals surface area (Å²) in [6.07, 6.45) is 1.77. The van der Waals surface area contributed by atoms with Gasteiger partial charge in [-0.2, -0.15) is 0 Å². The molecule has 3 nitrogen and oxygen atoms in total. The van der Waals surface area contributed by atoms with Crippen LogP contribution in [0.5, 0.6) is 0 Å². The number of piperidine rings is 1. The Morgan fingerprint density at radius 1 is 0.960 bits per heavy atom. The van der Waals surface area contributed by atoms with Gasteiger partial charge in [-0.15, -0.1) is 12.4 Å². The van der Waals surface area contributed by atoms with Gasteiger partial charge in [0.25, 0.3) is 5.91 Å². The highest BCUT2D eigenvalue weighted by Gasteiger charge is 2.17. The van der Waals surface area contributed by atoms with E-state index in [1.165, 1.54) is 0 Å². The number of carbonyl (C=O) groups is 1. The molecule has 0 aromatic heterocycles. The Bertz CT molecular complexity index is 723. The maximum Gasteiger partial charge on any atom is 0.251 e. The van der Waals surface area contributed by atoms with Crippen molar-refractivity contribution in [3.8, 4) is 11.1 Å². The van der Waals surface area contributed by atoms with Gasteiger partial charge in [-0.3, -0.25) is 4.79 Å². The zero-order valence-corrected chi connectivity index (χ0v) is 14.1. The average molecular weight is 371 g/mol. The fraction of sp³-hybridized carbons (Fsp3) is 0.278. The zero-order valence-electron chi connectivity index (χ0n) is 13.3. The number of hydrogen-bond donors (Lipinski definition) is 2. The Labute approximate surface area is 150 Å². The van der Waals surface area contributed by atoms with Crippen LogP contribution in [0.2, 0.25) is 0 Å². The predicted octanol–water partition coefficient (Wildman–Crippen LogP) is 3.67. The summed E-state index contributed by atoms with van der Waals surface area (Å²) in [5, 5.41) is 6.20. The first-order valence-corrected chi connectivity index (χ1v) is 7.81. The molecule has 1 aliphatic heterocycles. The molecule has 2 aromatic carbocycles. The van der Waals surface area contributed by atoms with Crippen molar-refractivity contribution in [2.45, 2.75) is 18.9 Å². The minimum absolute atomic E-state index is 0. The average Bonchev–Trinajstić information content (AvgIpc) is 2.60. The molecule has 0 bridgehead atoms. The maximum absolute atomic E-state index is 13.3. The third-order valence-electron chi connectivity index (χ3n) is 4.14. The number of amides is 1. The van der Waals surface area contributed by atoms with E-state index < -0.39 is 17.5 Å². The summed E-state index contributed by atoms with van der Waals surface area (Å²) in [4.78, 5) is 12.2. The first kappa shape index (κ1) is 19.3. The smallest absolute Gasteiger partial charge is 0.251 e. The van der Waals surface area contributed by atoms with Crippen molar-refractivity contribution >= 4 is 18.3 Å². The lowest BCUT2D eigenvalue weighted by Gasteiger charge is -2.23. The number of hydrogen-bond acceptors (Lipinski definition) is 2. The van der Waals surface area contributed by atoms with Gasteiger partial charge in [-0.25, -0.2) is 13.2 Å². The number of carbonyl (C=O) groups excluding carboxylic acids is 1. The number of nitrogens with one attached hydrogen (secondary N) is 2. The summed E-state index contributed by atoms with van der Waals surface area (Å²) in [7, 11) is 0. The van der Waals surface area contributed by atoms with E-state index in [4.69, 9.17) is 0 Å². The summed E-state index contributed by atoms with van der Waals surface area (Å²) < 4.78 is 39.6. The van der Waals surface area contributed by atoms with Gasteiger partial charge in [0.1, 0.15) is 0 Å². The van der Waals surface area contributed by atoms with Crippen molar-refractivity contribution in [2.75, 3.05) is 13.1 Å². The van der Waals surface area contributed by atoms with Crippen LogP contribution in [-0.2, 0) is 0 Å². The first-order chi connectivity index (χ1) is 11.5. The standard InChI is InChI=1S/C18H17F3N2O.ClH/c19-15-9-13(10-16(20)17(15)21)11-1-3-12(4-2-11)18(24)23-14-5-7-22-8-6-14;/h1-4,9-10,14,22H,5-8H2,(H,23,24);1H. The monoisotopic (exact) mass is 370 g/mol. The summed E-state index contributed by atoms with van der Waals surface area (Å²) in [6, 6.07) is 8.37. The van der Waals surface area contributed by atoms with Gasteiger partial charge >= 0.3 is 0 Å². The summed E-state index contributed by atoms with van der Waals surface area (Å²) in [5.74, 6) is -4.14. The van der Waals surface area contributed by atoms with Crippen LogP contribution in [0.25, 0.3) is 11.1 Å². The molecular weight excluding hydrogens is 353 g/mol. The lowest BCUT2D eigenvalue weighted by atomic mass is 10.0. The lowest BCUT2D eigenvalue weighted by molar-refractivity contribution is 0.0929. The Hall–Kier alpha value is -2.05. The van der Waals surface area contributed by atoms with Gasteiger partial charge in [0.2, 0.25) is 0 Å². The van der Waals surface area contributed by atoms with Crippen molar-refractivity contribution in [2.24, 2.45) is 0 Å². The van der Waals surface area contributed by atoms with Crippen molar-refractivity contribution in [3.05, 3.63) is 59.4 Å². The molecule has 1 saturated heterocycles. The highest BCUT2D eigenvalue weighted by Crippen LogP contribution is 2.24. The third kappa shape index (κ3) is 4.52. The molecule has 134 valence electrons. The quantitative estimate of drug-likeness (QED) is 0.809. The lowest BCUT2D eigenvalue weighted by Crippen LogP contribution is -2.42. The molecule has 0 unspecified atom stereocenters. The Balaban J connectivity index is 0.00000225. The molecule has 3 rings (SSSR count). The van der Waals surface area contributed by atoms with Crippen molar-refractivity contribution in [3.63, 3.8) is 0 Å². The van der Waals surface area contributed by atoms with Crippen LogP contribution < -0.4 is 10.6 Å². The zero-order chi connectivity index (χ0) is 17.1. The summed E-state index contributed by atoms with van der Waals surface area (Å²) >= 11 is 0. The van der Waals surface area contributed by atoms with Crippen molar-refractivity contribution in [1.82, 2.24) is 10.6 Å². The second kappa shape index (κ2) is 8.36. The number of halogens is 4. The summed E-state index contributed by atoms with van der Waals surface area (Å²) in [6.45, 7) is 1.76. The van der Waals surface area contributed by atoms with Gasteiger partial charge in [0, 0.05) is 11.6 Å². The summed E-state index contributed by atoms with van der Waals surface area (Å²) in [5.41, 5.74) is 1.20. The highest BCUT2D eigenvalue weighted by molar-refractivity contribution is 5.94. The van der Waals surface area contributed by atoms with Crippen LogP contribution in [0.15, 0.2) is 36.4 Å². The van der Waals surface area contributed by atoms with Crippen LogP contribution in [-0.4, -0.2) is 25.0 Å². The minimum atomic E-state index is -1.49. The predicted molar refractivity (Wildman–Crippen MR) is 92.4 cm³/mol. The van der Waals surface area contributed by atoms with E-state index in [-0.39, 0.29) is 29.9 Å². The van der Waals surface area contributed by atoms with Gasteiger partial charge in [-0.05, 0) is 61.3 Å². The fourth-order valence-electron chi connectivity index (χ4n) is 2.77. The van der Waals surface area contributed by atoms with E-state index in [1.54, 1.807) is 24.3 Å². The van der Waals surface area contributed by atoms with E-state index in [0.29, 0.717) is 11.1 Å². The Kier molecular flexibility index (Phi) is 6.45. The van der Waals surface area contributed by atoms with Crippen LogP contribution in [0, 0.1) is 17.5 Å². The molecule has 0 spiro atoms. The normalized spacial score (nSPS) is 14.7. The van der Waals surface area contributed by atoms with Gasteiger partial charge in [-0.1, -0.05) is 12.1 Å². The van der Waals surface area contributed by atoms with E-state index in [2.05, 4.69) is 10.6 Å². The molecule has 1 amide bonds. The van der Waals surface area contributed by atoms with Crippen LogP contribution in [0.3, 0.4) is 0 Å². The third-order valence-corrected chi connectivity index (χ3v) is 4.14. The van der Waals surface area contributed by atoms with Gasteiger partial charge < -0.3 is 10.6 Å². The Morgan fingerprint density at radius 3 is 2.08 bits per heavy atom. The van der Waals surface area contributed by atoms with E-state index in [1.807, 2.05) is 0 Å². The number of rotatable bonds is 3. The molecule has 0 atom stereocenters. The van der Waals surface area contributed by atoms with Crippen LogP contribution >= 0.6 is 12.4 Å². The van der Waals surface area contributed by atoms with Crippen molar-refractivity contribution < 1.29 is 18.0 Å². The topological polar surface area (TPSA) is 41.1 Å². The fourth-order valence-corrected chi connectivity index (χ4v) is 2.77. The Morgan fingerprint density at radius 2 is 1.52 bits per heavy atom. The molecule has 2 N–H and O–H groups in total. The van der Waals surface area contributed by atoms with Crippen LogP contribution in [0.1, 0.15) is 23.2 Å².